The summed E-state index contributed by atoms with van der Waals surface area (Å²) in [5.74, 6) is 1.39. The number of nitrogens with zero attached hydrogens (tertiary/aromatic N) is 4. The van der Waals surface area contributed by atoms with Crippen LogP contribution in [0.5, 0.6) is 0 Å². The normalized spacial score (nSPS) is 10.9. The Bertz CT molecular complexity index is 867. The Morgan fingerprint density at radius 1 is 1.27 bits per heavy atom. The number of hydrogen-bond acceptors (Lipinski definition) is 7. The lowest BCUT2D eigenvalue weighted by atomic mass is 10.2. The van der Waals surface area contributed by atoms with Crippen LogP contribution in [-0.2, 0) is 11.3 Å². The number of carbonyl (C=O) groups excluding carboxylic acids is 1. The molecule has 0 aliphatic rings. The van der Waals surface area contributed by atoms with E-state index in [2.05, 4.69) is 25.4 Å². The van der Waals surface area contributed by atoms with Gasteiger partial charge in [-0.15, -0.1) is 0 Å². The fourth-order valence-electron chi connectivity index (χ4n) is 2.14. The van der Waals surface area contributed by atoms with Crippen LogP contribution < -0.4 is 5.32 Å². The summed E-state index contributed by atoms with van der Waals surface area (Å²) in [6, 6.07) is 7.44. The molecule has 0 spiro atoms. The minimum absolute atomic E-state index is 0.0774. The van der Waals surface area contributed by atoms with Gasteiger partial charge in [0.15, 0.2) is 0 Å². The van der Waals surface area contributed by atoms with Crippen LogP contribution in [0.25, 0.3) is 11.4 Å². The molecule has 0 saturated heterocycles. The minimum atomic E-state index is -0.0774. The van der Waals surface area contributed by atoms with Gasteiger partial charge in [-0.3, -0.25) is 9.78 Å². The van der Waals surface area contributed by atoms with Crippen molar-refractivity contribution < 1.29 is 9.32 Å². The number of thioether (sulfide) groups is 1. The van der Waals surface area contributed by atoms with Crippen molar-refractivity contribution in [2.24, 2.45) is 0 Å². The van der Waals surface area contributed by atoms with Crippen LogP contribution in [0, 0.1) is 0 Å². The summed E-state index contributed by atoms with van der Waals surface area (Å²) in [6.07, 6.45) is 5.11. The average molecular weight is 369 g/mol. The topological polar surface area (TPSA) is 93.8 Å². The summed E-state index contributed by atoms with van der Waals surface area (Å²) < 4.78 is 5.27. The van der Waals surface area contributed by atoms with E-state index in [1.807, 2.05) is 38.1 Å². The van der Waals surface area contributed by atoms with Crippen LogP contribution in [0.3, 0.4) is 0 Å². The van der Waals surface area contributed by atoms with Crippen molar-refractivity contribution in [3.63, 3.8) is 0 Å². The van der Waals surface area contributed by atoms with Crippen molar-refractivity contribution >= 4 is 17.7 Å². The Morgan fingerprint density at radius 3 is 2.85 bits per heavy atom. The molecule has 3 aromatic rings. The van der Waals surface area contributed by atoms with Gasteiger partial charge in [0.1, 0.15) is 5.03 Å². The predicted molar refractivity (Wildman–Crippen MR) is 98.4 cm³/mol. The van der Waals surface area contributed by atoms with Crippen molar-refractivity contribution in [2.45, 2.75) is 31.3 Å². The molecule has 3 rings (SSSR count). The number of amides is 1. The van der Waals surface area contributed by atoms with Crippen molar-refractivity contribution in [2.75, 3.05) is 5.75 Å². The molecule has 0 atom stereocenters. The Balaban J connectivity index is 1.62. The molecule has 1 N–H and O–H groups in total. The van der Waals surface area contributed by atoms with Crippen LogP contribution in [0.4, 0.5) is 0 Å². The Morgan fingerprint density at radius 2 is 2.12 bits per heavy atom. The molecule has 0 unspecified atom stereocenters. The molecule has 8 heteroatoms. The fourth-order valence-corrected chi connectivity index (χ4v) is 2.96. The molecule has 0 saturated carbocycles. The van der Waals surface area contributed by atoms with Crippen LogP contribution in [0.2, 0.25) is 0 Å². The van der Waals surface area contributed by atoms with E-state index < -0.39 is 0 Å². The first-order chi connectivity index (χ1) is 12.6. The summed E-state index contributed by atoms with van der Waals surface area (Å²) in [7, 11) is 0. The van der Waals surface area contributed by atoms with E-state index in [1.54, 1.807) is 18.6 Å². The van der Waals surface area contributed by atoms with Gasteiger partial charge in [-0.2, -0.15) is 4.98 Å². The highest BCUT2D eigenvalue weighted by atomic mass is 32.2. The molecular weight excluding hydrogens is 350 g/mol. The third-order valence-corrected chi connectivity index (χ3v) is 4.51. The second kappa shape index (κ2) is 8.57. The third-order valence-electron chi connectivity index (χ3n) is 3.50. The van der Waals surface area contributed by atoms with Gasteiger partial charge in [-0.05, 0) is 23.8 Å². The van der Waals surface area contributed by atoms with Gasteiger partial charge < -0.3 is 9.84 Å². The molecule has 0 aliphatic carbocycles. The highest BCUT2D eigenvalue weighted by Crippen LogP contribution is 2.28. The minimum Gasteiger partial charge on any atom is -0.351 e. The molecular formula is C18H19N5O2S. The monoisotopic (exact) mass is 369 g/mol. The van der Waals surface area contributed by atoms with Gasteiger partial charge in [0.25, 0.3) is 0 Å². The number of nitrogens with one attached hydrogen (secondary N) is 1. The Kier molecular flexibility index (Phi) is 5.96. The Hall–Kier alpha value is -2.74. The first kappa shape index (κ1) is 18.1. The van der Waals surface area contributed by atoms with Gasteiger partial charge in [0.05, 0.1) is 11.3 Å². The highest BCUT2D eigenvalue weighted by molar-refractivity contribution is 8.00. The highest BCUT2D eigenvalue weighted by Gasteiger charge is 2.16. The Labute approximate surface area is 155 Å². The maximum atomic E-state index is 12.1. The van der Waals surface area contributed by atoms with Crippen molar-refractivity contribution in [3.05, 3.63) is 54.3 Å². The lowest BCUT2D eigenvalue weighted by molar-refractivity contribution is -0.118. The summed E-state index contributed by atoms with van der Waals surface area (Å²) in [6.45, 7) is 4.43. The van der Waals surface area contributed by atoms with E-state index in [0.29, 0.717) is 23.3 Å². The van der Waals surface area contributed by atoms with Gasteiger partial charge in [0, 0.05) is 31.1 Å². The van der Waals surface area contributed by atoms with E-state index in [9.17, 15) is 4.79 Å². The summed E-state index contributed by atoms with van der Waals surface area (Å²) in [4.78, 5) is 24.9. The van der Waals surface area contributed by atoms with Gasteiger partial charge in [-0.1, -0.05) is 36.8 Å². The van der Waals surface area contributed by atoms with E-state index in [1.165, 1.54) is 11.8 Å². The van der Waals surface area contributed by atoms with Gasteiger partial charge in [0.2, 0.25) is 17.6 Å². The number of aromatic nitrogens is 4. The lowest BCUT2D eigenvalue weighted by Gasteiger charge is -2.06. The molecule has 26 heavy (non-hydrogen) atoms. The molecule has 7 nitrogen and oxygen atoms in total. The van der Waals surface area contributed by atoms with Crippen molar-refractivity contribution in [3.8, 4) is 11.4 Å². The van der Waals surface area contributed by atoms with Crippen LogP contribution in [0.15, 0.2) is 52.4 Å². The molecule has 0 radical (unpaired) electrons. The van der Waals surface area contributed by atoms with Crippen LogP contribution in [0.1, 0.15) is 31.2 Å². The summed E-state index contributed by atoms with van der Waals surface area (Å²) in [5.41, 5.74) is 1.71. The molecule has 3 aromatic heterocycles. The zero-order chi connectivity index (χ0) is 18.4. The second-order valence-electron chi connectivity index (χ2n) is 5.89. The zero-order valence-electron chi connectivity index (χ0n) is 14.5. The maximum Gasteiger partial charge on any atom is 0.230 e. The SMILES string of the molecule is CC(C)c1nc(-c2cccnc2SCC(=O)NCc2cccnc2)no1. The van der Waals surface area contributed by atoms with Crippen LogP contribution >= 0.6 is 11.8 Å². The van der Waals surface area contributed by atoms with Crippen molar-refractivity contribution in [1.29, 1.82) is 0 Å². The molecule has 0 bridgehead atoms. The van der Waals surface area contributed by atoms with Crippen LogP contribution in [-0.4, -0.2) is 31.8 Å². The quantitative estimate of drug-likeness (QED) is 0.640. The first-order valence-corrected chi connectivity index (χ1v) is 9.19. The molecule has 3 heterocycles. The molecule has 0 aromatic carbocycles. The first-order valence-electron chi connectivity index (χ1n) is 8.21. The molecule has 0 aliphatic heterocycles. The lowest BCUT2D eigenvalue weighted by Crippen LogP contribution is -2.24. The summed E-state index contributed by atoms with van der Waals surface area (Å²) >= 11 is 1.34. The number of pyridine rings is 2. The largest absolute Gasteiger partial charge is 0.351 e. The number of hydrogen-bond donors (Lipinski definition) is 1. The smallest absolute Gasteiger partial charge is 0.230 e. The van der Waals surface area contributed by atoms with E-state index in [-0.39, 0.29) is 17.6 Å². The number of rotatable bonds is 7. The van der Waals surface area contributed by atoms with Gasteiger partial charge >= 0.3 is 0 Å². The van der Waals surface area contributed by atoms with E-state index in [4.69, 9.17) is 4.52 Å². The van der Waals surface area contributed by atoms with Gasteiger partial charge in [-0.25, -0.2) is 4.98 Å². The summed E-state index contributed by atoms with van der Waals surface area (Å²) in [5, 5.41) is 7.59. The molecule has 134 valence electrons. The average Bonchev–Trinajstić information content (AvgIpc) is 3.16. The van der Waals surface area contributed by atoms with E-state index in [0.717, 1.165) is 11.1 Å². The standard InChI is InChI=1S/C18H19N5O2S/c1-12(2)17-22-16(23-25-17)14-6-4-8-20-18(14)26-11-15(24)21-10-13-5-3-7-19-9-13/h3-9,12H,10-11H2,1-2H3,(H,21,24). The molecule has 1 amide bonds. The predicted octanol–water partition coefficient (Wildman–Crippen LogP) is 3.06. The molecule has 0 fully saturated rings. The van der Waals surface area contributed by atoms with E-state index >= 15 is 0 Å². The van der Waals surface area contributed by atoms with Crippen molar-refractivity contribution in [1.82, 2.24) is 25.4 Å². The fraction of sp³-hybridized carbons (Fsp3) is 0.278. The zero-order valence-corrected chi connectivity index (χ0v) is 15.4. The third kappa shape index (κ3) is 4.66. The number of carbonyl (C=O) groups is 1. The second-order valence-corrected chi connectivity index (χ2v) is 6.86. The maximum absolute atomic E-state index is 12.1.